The van der Waals surface area contributed by atoms with Gasteiger partial charge in [0, 0.05) is 9.40 Å². The summed E-state index contributed by atoms with van der Waals surface area (Å²) in [5.41, 5.74) is 1.59. The van der Waals surface area contributed by atoms with Crippen LogP contribution in [0.2, 0.25) is 0 Å². The zero-order chi connectivity index (χ0) is 11.2. The molecule has 6 heteroatoms. The Balaban J connectivity index is 1.95. The highest BCUT2D eigenvalue weighted by Gasteiger charge is 2.10. The van der Waals surface area contributed by atoms with Gasteiger partial charge in [0.2, 0.25) is 0 Å². The molecular formula is C11H6N4S2. The molecule has 0 atom stereocenters. The average molecular weight is 258 g/mol. The summed E-state index contributed by atoms with van der Waals surface area (Å²) < 4.78 is 2.60. The Morgan fingerprint density at radius 1 is 1.24 bits per heavy atom. The van der Waals surface area contributed by atoms with Crippen LogP contribution in [0.15, 0.2) is 30.0 Å². The topological polar surface area (TPSA) is 54.5 Å². The number of imidazole rings is 1. The Labute approximate surface area is 104 Å². The first-order valence-corrected chi connectivity index (χ1v) is 6.73. The van der Waals surface area contributed by atoms with Gasteiger partial charge in [-0.15, -0.1) is 22.7 Å². The molecule has 0 bridgehead atoms. The molecule has 0 unspecified atom stereocenters. The van der Waals surface area contributed by atoms with Crippen molar-refractivity contribution < 1.29 is 0 Å². The lowest BCUT2D eigenvalue weighted by atomic mass is 10.4. The van der Waals surface area contributed by atoms with Crippen LogP contribution in [0, 0.1) is 0 Å². The van der Waals surface area contributed by atoms with Gasteiger partial charge in [0.1, 0.15) is 11.8 Å². The highest BCUT2D eigenvalue weighted by molar-refractivity contribution is 7.28. The van der Waals surface area contributed by atoms with Gasteiger partial charge in [-0.3, -0.25) is 0 Å². The van der Waals surface area contributed by atoms with Gasteiger partial charge < -0.3 is 4.98 Å². The second-order valence-corrected chi connectivity index (χ2v) is 5.64. The molecule has 0 aromatic carbocycles. The average Bonchev–Trinajstić information content (AvgIpc) is 3.01. The summed E-state index contributed by atoms with van der Waals surface area (Å²) in [6, 6.07) is 4.30. The van der Waals surface area contributed by atoms with Crippen LogP contribution < -0.4 is 0 Å². The van der Waals surface area contributed by atoms with Gasteiger partial charge >= 0.3 is 0 Å². The number of aromatic amines is 1. The SMILES string of the molecule is c1ncc2[nH]c(-c3cc4sccc4s3)nc2n1. The summed E-state index contributed by atoms with van der Waals surface area (Å²) in [6.07, 6.45) is 3.26. The maximum absolute atomic E-state index is 4.47. The maximum atomic E-state index is 4.47. The summed E-state index contributed by atoms with van der Waals surface area (Å²) in [5.74, 6) is 0.869. The van der Waals surface area contributed by atoms with Gasteiger partial charge in [0.15, 0.2) is 11.5 Å². The molecule has 17 heavy (non-hydrogen) atoms. The largest absolute Gasteiger partial charge is 0.335 e. The monoisotopic (exact) mass is 258 g/mol. The summed E-state index contributed by atoms with van der Waals surface area (Å²) >= 11 is 3.49. The Bertz CT molecular complexity index is 749. The zero-order valence-corrected chi connectivity index (χ0v) is 10.2. The van der Waals surface area contributed by atoms with Crippen molar-refractivity contribution in [2.24, 2.45) is 0 Å². The minimum atomic E-state index is 0.715. The van der Waals surface area contributed by atoms with E-state index in [4.69, 9.17) is 0 Å². The minimum absolute atomic E-state index is 0.715. The Morgan fingerprint density at radius 3 is 3.12 bits per heavy atom. The van der Waals surface area contributed by atoms with Crippen LogP contribution in [0.1, 0.15) is 0 Å². The van der Waals surface area contributed by atoms with Crippen molar-refractivity contribution in [3.05, 3.63) is 30.0 Å². The molecule has 4 aromatic heterocycles. The van der Waals surface area contributed by atoms with Crippen molar-refractivity contribution in [1.82, 2.24) is 19.9 Å². The number of thiophene rings is 2. The predicted molar refractivity (Wildman–Crippen MR) is 70.4 cm³/mol. The van der Waals surface area contributed by atoms with Crippen LogP contribution in [0.5, 0.6) is 0 Å². The molecule has 0 aliphatic heterocycles. The predicted octanol–water partition coefficient (Wildman–Crippen LogP) is 3.30. The van der Waals surface area contributed by atoms with Gasteiger partial charge in [-0.1, -0.05) is 0 Å². The maximum Gasteiger partial charge on any atom is 0.181 e. The summed E-state index contributed by atoms with van der Waals surface area (Å²) in [6.45, 7) is 0. The van der Waals surface area contributed by atoms with Crippen molar-refractivity contribution in [3.63, 3.8) is 0 Å². The number of aromatic nitrogens is 4. The fourth-order valence-electron chi connectivity index (χ4n) is 1.76. The van der Waals surface area contributed by atoms with Gasteiger partial charge in [-0.05, 0) is 17.5 Å². The lowest BCUT2D eigenvalue weighted by Crippen LogP contribution is -1.76. The highest BCUT2D eigenvalue weighted by Crippen LogP contribution is 2.35. The molecule has 1 N–H and O–H groups in total. The van der Waals surface area contributed by atoms with Crippen molar-refractivity contribution in [3.8, 4) is 10.7 Å². The lowest BCUT2D eigenvalue weighted by Gasteiger charge is -1.86. The third-order valence-electron chi connectivity index (χ3n) is 2.53. The number of hydrogen-bond donors (Lipinski definition) is 1. The first-order chi connectivity index (χ1) is 8.40. The lowest BCUT2D eigenvalue weighted by molar-refractivity contribution is 1.20. The van der Waals surface area contributed by atoms with E-state index < -0.39 is 0 Å². The van der Waals surface area contributed by atoms with Crippen molar-refractivity contribution in [2.45, 2.75) is 0 Å². The number of nitrogens with one attached hydrogen (secondary N) is 1. The smallest absolute Gasteiger partial charge is 0.181 e. The summed E-state index contributed by atoms with van der Waals surface area (Å²) in [4.78, 5) is 16.9. The van der Waals surface area contributed by atoms with Gasteiger partial charge in [0.25, 0.3) is 0 Å². The van der Waals surface area contributed by atoms with Gasteiger partial charge in [0.05, 0.1) is 11.1 Å². The fourth-order valence-corrected chi connectivity index (χ4v) is 3.81. The van der Waals surface area contributed by atoms with Gasteiger partial charge in [-0.2, -0.15) is 0 Å². The third kappa shape index (κ3) is 1.38. The second-order valence-electron chi connectivity index (χ2n) is 3.61. The molecule has 0 aliphatic rings. The molecule has 4 heterocycles. The van der Waals surface area contributed by atoms with Crippen molar-refractivity contribution >= 4 is 43.2 Å². The molecule has 4 aromatic rings. The summed E-state index contributed by atoms with van der Waals surface area (Å²) in [7, 11) is 0. The summed E-state index contributed by atoms with van der Waals surface area (Å²) in [5, 5.41) is 2.11. The second kappa shape index (κ2) is 3.35. The van der Waals surface area contributed by atoms with E-state index in [1.165, 1.54) is 15.7 Å². The standard InChI is InChI=1S/C11H6N4S2/c1-2-16-8-3-9(17-7(1)8)11-14-6-4-12-5-13-10(6)15-11/h1-5H,(H,12,13,14,15). The quantitative estimate of drug-likeness (QED) is 0.570. The van der Waals surface area contributed by atoms with Crippen LogP contribution >= 0.6 is 22.7 Å². The van der Waals surface area contributed by atoms with Gasteiger partial charge in [-0.25, -0.2) is 15.0 Å². The number of rotatable bonds is 1. The van der Waals surface area contributed by atoms with E-state index in [-0.39, 0.29) is 0 Å². The molecule has 0 spiro atoms. The third-order valence-corrected chi connectivity index (χ3v) is 4.63. The molecule has 0 saturated heterocycles. The molecule has 4 rings (SSSR count). The minimum Gasteiger partial charge on any atom is -0.335 e. The van der Waals surface area contributed by atoms with Crippen LogP contribution in [-0.2, 0) is 0 Å². The van der Waals surface area contributed by atoms with Crippen molar-refractivity contribution in [1.29, 1.82) is 0 Å². The number of nitrogens with zero attached hydrogens (tertiary/aromatic N) is 3. The molecule has 0 saturated carbocycles. The van der Waals surface area contributed by atoms with Crippen LogP contribution in [0.4, 0.5) is 0 Å². The van der Waals surface area contributed by atoms with Crippen LogP contribution in [0.25, 0.3) is 31.3 Å². The zero-order valence-electron chi connectivity index (χ0n) is 8.54. The Kier molecular flexibility index (Phi) is 1.82. The van der Waals surface area contributed by atoms with E-state index in [1.807, 2.05) is 0 Å². The van der Waals surface area contributed by atoms with Crippen LogP contribution in [-0.4, -0.2) is 19.9 Å². The molecular weight excluding hydrogens is 252 g/mol. The highest BCUT2D eigenvalue weighted by atomic mass is 32.1. The fraction of sp³-hybridized carbons (Fsp3) is 0. The first kappa shape index (κ1) is 9.26. The normalized spacial score (nSPS) is 11.5. The first-order valence-electron chi connectivity index (χ1n) is 5.03. The molecule has 0 radical (unpaired) electrons. The van der Waals surface area contributed by atoms with E-state index in [1.54, 1.807) is 28.9 Å². The van der Waals surface area contributed by atoms with E-state index in [2.05, 4.69) is 37.4 Å². The number of fused-ring (bicyclic) bond motifs is 2. The molecule has 0 fully saturated rings. The number of H-pyrrole nitrogens is 1. The number of hydrogen-bond acceptors (Lipinski definition) is 5. The van der Waals surface area contributed by atoms with E-state index in [9.17, 15) is 0 Å². The van der Waals surface area contributed by atoms with E-state index in [0.29, 0.717) is 5.65 Å². The molecule has 0 aliphatic carbocycles. The Morgan fingerprint density at radius 2 is 2.24 bits per heavy atom. The molecule has 0 amide bonds. The van der Waals surface area contributed by atoms with E-state index >= 15 is 0 Å². The molecule has 4 nitrogen and oxygen atoms in total. The van der Waals surface area contributed by atoms with Crippen LogP contribution in [0.3, 0.4) is 0 Å². The van der Waals surface area contributed by atoms with E-state index in [0.717, 1.165) is 16.2 Å². The molecule has 82 valence electrons. The Hall–Kier alpha value is -1.79. The van der Waals surface area contributed by atoms with Crippen molar-refractivity contribution in [2.75, 3.05) is 0 Å².